The van der Waals surface area contributed by atoms with E-state index in [1.807, 2.05) is 0 Å². The van der Waals surface area contributed by atoms with Crippen LogP contribution in [0.5, 0.6) is 0 Å². The van der Waals surface area contributed by atoms with Crippen molar-refractivity contribution in [2.75, 3.05) is 6.61 Å². The molecular formula is C12H20O6. The van der Waals surface area contributed by atoms with E-state index >= 15 is 0 Å². The minimum absolute atomic E-state index is 0.191. The van der Waals surface area contributed by atoms with E-state index < -0.39 is 42.3 Å². The van der Waals surface area contributed by atoms with E-state index in [0.717, 1.165) is 0 Å². The van der Waals surface area contributed by atoms with Crippen LogP contribution < -0.4 is 0 Å². The van der Waals surface area contributed by atoms with Gasteiger partial charge in [0.25, 0.3) is 0 Å². The first-order chi connectivity index (χ1) is 8.63. The molecule has 1 N–H and O–H groups in total. The quantitative estimate of drug-likeness (QED) is 0.690. The molecule has 0 aromatic rings. The molecule has 0 bridgehead atoms. The van der Waals surface area contributed by atoms with E-state index in [9.17, 15) is 5.11 Å². The second-order valence-electron chi connectivity index (χ2n) is 5.75. The van der Waals surface area contributed by atoms with Crippen LogP contribution in [0.3, 0.4) is 0 Å². The first kappa shape index (κ1) is 11.6. The van der Waals surface area contributed by atoms with Crippen molar-refractivity contribution in [1.82, 2.24) is 0 Å². The first-order valence-corrected chi connectivity index (χ1v) is 6.16. The van der Waals surface area contributed by atoms with Gasteiger partial charge in [-0.05, 0) is 27.7 Å². The average Bonchev–Trinajstić information content (AvgIpc) is 2.83. The zero-order valence-electron chi connectivity index (χ0n) is 12.0. The molecule has 5 atom stereocenters. The van der Waals surface area contributed by atoms with Crippen LogP contribution in [0.2, 0.25) is 0 Å². The maximum Gasteiger partial charge on any atom is 0.190 e. The van der Waals surface area contributed by atoms with Gasteiger partial charge in [0, 0.05) is 0 Å². The Kier molecular flexibility index (Phi) is 2.49. The third-order valence-corrected chi connectivity index (χ3v) is 3.27. The van der Waals surface area contributed by atoms with Gasteiger partial charge in [0.2, 0.25) is 0 Å². The lowest BCUT2D eigenvalue weighted by Crippen LogP contribution is -2.42. The molecule has 0 radical (unpaired) electrons. The summed E-state index contributed by atoms with van der Waals surface area (Å²) < 4.78 is 36.1. The van der Waals surface area contributed by atoms with Gasteiger partial charge in [0.15, 0.2) is 17.9 Å². The summed E-state index contributed by atoms with van der Waals surface area (Å²) in [5, 5.41) is 10.3. The summed E-state index contributed by atoms with van der Waals surface area (Å²) in [6.45, 7) is 7.19. The number of ether oxygens (including phenoxy) is 5. The topological polar surface area (TPSA) is 66.4 Å². The fourth-order valence-corrected chi connectivity index (χ4v) is 2.52. The lowest BCUT2D eigenvalue weighted by Gasteiger charge is -2.26. The summed E-state index contributed by atoms with van der Waals surface area (Å²) in [6.07, 6.45) is -4.91. The van der Waals surface area contributed by atoms with Gasteiger partial charge in [-0.1, -0.05) is 0 Å². The zero-order valence-corrected chi connectivity index (χ0v) is 11.0. The summed E-state index contributed by atoms with van der Waals surface area (Å²) in [5.74, 6) is -1.59. The van der Waals surface area contributed by atoms with Crippen molar-refractivity contribution in [1.29, 1.82) is 0 Å². The maximum absolute atomic E-state index is 10.3. The Morgan fingerprint density at radius 3 is 2.39 bits per heavy atom. The van der Waals surface area contributed by atoms with Crippen molar-refractivity contribution in [3.8, 4) is 0 Å². The molecule has 6 nitrogen and oxygen atoms in total. The first-order valence-electron chi connectivity index (χ1n) is 6.66. The second-order valence-corrected chi connectivity index (χ2v) is 5.75. The molecule has 3 aliphatic heterocycles. The van der Waals surface area contributed by atoms with Gasteiger partial charge in [-0.15, -0.1) is 0 Å². The molecule has 3 fully saturated rings. The highest BCUT2D eigenvalue weighted by molar-refractivity contribution is 4.97. The predicted octanol–water partition coefficient (Wildman–Crippen LogP) is 0.375. The average molecular weight is 263 g/mol. The summed E-state index contributed by atoms with van der Waals surface area (Å²) in [7, 11) is 0. The van der Waals surface area contributed by atoms with E-state index in [2.05, 4.69) is 0 Å². The van der Waals surface area contributed by atoms with Crippen LogP contribution in [0, 0.1) is 0 Å². The normalized spacial score (nSPS) is 54.4. The number of hydrogen-bond donors (Lipinski definition) is 1. The molecular weight excluding hydrogens is 242 g/mol. The Hall–Kier alpha value is -0.240. The summed E-state index contributed by atoms with van der Waals surface area (Å²) in [6, 6.07) is 0. The van der Waals surface area contributed by atoms with Crippen molar-refractivity contribution in [2.45, 2.75) is 70.0 Å². The molecule has 104 valence electrons. The Morgan fingerprint density at radius 1 is 1.11 bits per heavy atom. The van der Waals surface area contributed by atoms with E-state index in [0.29, 0.717) is 0 Å². The van der Waals surface area contributed by atoms with Crippen LogP contribution in [0.15, 0.2) is 0 Å². The second kappa shape index (κ2) is 3.88. The SMILES string of the molecule is [2H][C@]1([C@H]2COC(C)(C)O2)O[C@@H]2OC(C)(C)O[C@@H]2[C@H]1[18OH]. The van der Waals surface area contributed by atoms with Crippen molar-refractivity contribution < 1.29 is 30.2 Å². The number of rotatable bonds is 1. The molecule has 0 amide bonds. The maximum atomic E-state index is 10.3. The van der Waals surface area contributed by atoms with E-state index in [1.165, 1.54) is 0 Å². The van der Waals surface area contributed by atoms with Crippen molar-refractivity contribution in [3.05, 3.63) is 0 Å². The van der Waals surface area contributed by atoms with E-state index in [-0.39, 0.29) is 6.61 Å². The smallest absolute Gasteiger partial charge is 0.190 e. The molecule has 3 saturated heterocycles. The fraction of sp³-hybridized carbons (Fsp3) is 1.00. The molecule has 0 aromatic carbocycles. The summed E-state index contributed by atoms with van der Waals surface area (Å²) in [4.78, 5) is 0. The van der Waals surface area contributed by atoms with Gasteiger partial charge in [-0.25, -0.2) is 0 Å². The molecule has 0 saturated carbocycles. The number of aliphatic hydroxyl groups excluding tert-OH is 1. The number of hydrogen-bond acceptors (Lipinski definition) is 6. The third kappa shape index (κ3) is 2.07. The molecule has 0 aromatic heterocycles. The summed E-state index contributed by atoms with van der Waals surface area (Å²) in [5.41, 5.74) is 0. The largest absolute Gasteiger partial charge is 0.387 e. The molecule has 0 aliphatic carbocycles. The zero-order chi connectivity index (χ0) is 14.1. The van der Waals surface area contributed by atoms with Crippen LogP contribution >= 0.6 is 0 Å². The van der Waals surface area contributed by atoms with Crippen LogP contribution in [0.4, 0.5) is 0 Å². The monoisotopic (exact) mass is 263 g/mol. The van der Waals surface area contributed by atoms with Gasteiger partial charge < -0.3 is 28.8 Å². The minimum Gasteiger partial charge on any atom is -0.387 e. The summed E-state index contributed by atoms with van der Waals surface area (Å²) >= 11 is 0. The Labute approximate surface area is 108 Å². The van der Waals surface area contributed by atoms with Crippen molar-refractivity contribution in [3.63, 3.8) is 0 Å². The number of aliphatic hydroxyl groups is 1. The third-order valence-electron chi connectivity index (χ3n) is 3.27. The Balaban J connectivity index is 1.77. The molecule has 0 unspecified atom stereocenters. The highest BCUT2D eigenvalue weighted by Gasteiger charge is 2.57. The standard InChI is InChI=1S/C12H20O6/c1-11(2)14-5-6(16-11)8-7(13)9-10(15-8)18-12(3,4)17-9/h6-10,13H,5H2,1-4H3/t6-,7+,8-,9-,10-/m1/s1/i8D,13+2. The highest BCUT2D eigenvalue weighted by Crippen LogP contribution is 2.40. The van der Waals surface area contributed by atoms with Crippen LogP contribution in [-0.2, 0) is 23.7 Å². The van der Waals surface area contributed by atoms with Gasteiger partial charge in [-0.2, -0.15) is 0 Å². The van der Waals surface area contributed by atoms with Gasteiger partial charge >= 0.3 is 0 Å². The Bertz CT molecular complexity index is 386. The molecule has 6 heteroatoms. The van der Waals surface area contributed by atoms with Crippen LogP contribution in [0.1, 0.15) is 29.1 Å². The van der Waals surface area contributed by atoms with E-state index in [4.69, 9.17) is 25.1 Å². The molecule has 3 heterocycles. The number of fused-ring (bicyclic) bond motifs is 1. The highest BCUT2D eigenvalue weighted by atomic mass is 18.2. The molecule has 18 heavy (non-hydrogen) atoms. The fourth-order valence-electron chi connectivity index (χ4n) is 2.52. The minimum atomic E-state index is -1.64. The van der Waals surface area contributed by atoms with Crippen molar-refractivity contribution in [2.24, 2.45) is 0 Å². The lowest BCUT2D eigenvalue weighted by atomic mass is 10.1. The van der Waals surface area contributed by atoms with Crippen LogP contribution in [0.25, 0.3) is 0 Å². The van der Waals surface area contributed by atoms with Crippen LogP contribution in [-0.4, -0.2) is 54.0 Å². The molecule has 0 spiro atoms. The van der Waals surface area contributed by atoms with Gasteiger partial charge in [0.05, 0.1) is 7.98 Å². The van der Waals surface area contributed by atoms with Gasteiger partial charge in [0.1, 0.15) is 24.4 Å². The van der Waals surface area contributed by atoms with E-state index in [1.54, 1.807) is 27.7 Å². The Morgan fingerprint density at radius 2 is 1.83 bits per heavy atom. The predicted molar refractivity (Wildman–Crippen MR) is 59.6 cm³/mol. The molecule has 3 rings (SSSR count). The lowest BCUT2D eigenvalue weighted by molar-refractivity contribution is -0.232. The van der Waals surface area contributed by atoms with Gasteiger partial charge in [-0.3, -0.25) is 0 Å². The molecule has 3 aliphatic rings. The van der Waals surface area contributed by atoms with Crippen molar-refractivity contribution >= 4 is 0 Å².